The Morgan fingerprint density at radius 1 is 1.23 bits per heavy atom. The zero-order valence-electron chi connectivity index (χ0n) is 14.6. The van der Waals surface area contributed by atoms with E-state index in [1.807, 2.05) is 11.1 Å². The lowest BCUT2D eigenvalue weighted by Gasteiger charge is -2.16. The second kappa shape index (κ2) is 8.18. The Morgan fingerprint density at radius 3 is 2.62 bits per heavy atom. The summed E-state index contributed by atoms with van der Waals surface area (Å²) in [5.41, 5.74) is 0.129. The van der Waals surface area contributed by atoms with Crippen molar-refractivity contribution >= 4 is 18.4 Å². The molecule has 0 aliphatic carbocycles. The standard InChI is InChI=1S/C18H22N4O3S/c1-25-15-9-5-4-8-14(15)22-17(24)13(16(23)20-18(22)26)12-19-21-10-6-2-3-7-11-21/h4-5,8-9,12,24H,2-3,6-7,10-11H2,1H3,(H,20,23,26)/b19-12+. The number of hydrogen-bond acceptors (Lipinski definition) is 6. The number of para-hydroxylation sites is 2. The van der Waals surface area contributed by atoms with Crippen LogP contribution in [0.25, 0.3) is 5.69 Å². The molecule has 1 aliphatic rings. The average Bonchev–Trinajstić information content (AvgIpc) is 2.90. The fourth-order valence-corrected chi connectivity index (χ4v) is 3.28. The normalized spacial score (nSPS) is 15.2. The van der Waals surface area contributed by atoms with Crippen LogP contribution in [0.4, 0.5) is 0 Å². The number of rotatable bonds is 4. The molecule has 2 aromatic rings. The van der Waals surface area contributed by atoms with Gasteiger partial charge in [0, 0.05) is 13.1 Å². The lowest BCUT2D eigenvalue weighted by atomic mass is 10.2. The van der Waals surface area contributed by atoms with Gasteiger partial charge in [-0.15, -0.1) is 0 Å². The Morgan fingerprint density at radius 2 is 1.92 bits per heavy atom. The first-order chi connectivity index (χ1) is 12.6. The van der Waals surface area contributed by atoms with E-state index in [-0.39, 0.29) is 16.2 Å². The number of benzene rings is 1. The number of H-pyrrole nitrogens is 1. The van der Waals surface area contributed by atoms with Gasteiger partial charge < -0.3 is 9.84 Å². The predicted molar refractivity (Wildman–Crippen MR) is 103 cm³/mol. The minimum Gasteiger partial charge on any atom is -0.495 e. The summed E-state index contributed by atoms with van der Waals surface area (Å²) in [5.74, 6) is 0.267. The van der Waals surface area contributed by atoms with Crippen molar-refractivity contribution in [2.75, 3.05) is 20.2 Å². The highest BCUT2D eigenvalue weighted by Gasteiger charge is 2.16. The summed E-state index contributed by atoms with van der Waals surface area (Å²) in [7, 11) is 1.53. The molecule has 0 bridgehead atoms. The van der Waals surface area contributed by atoms with E-state index in [2.05, 4.69) is 10.1 Å². The number of aromatic hydroxyl groups is 1. The molecular weight excluding hydrogens is 352 g/mol. The van der Waals surface area contributed by atoms with Crippen molar-refractivity contribution in [3.8, 4) is 17.3 Å². The first kappa shape index (κ1) is 18.2. The zero-order chi connectivity index (χ0) is 18.5. The minimum atomic E-state index is -0.475. The maximum Gasteiger partial charge on any atom is 0.264 e. The smallest absolute Gasteiger partial charge is 0.264 e. The third-order valence-electron chi connectivity index (χ3n) is 4.38. The SMILES string of the molecule is COc1ccccc1-n1c(O)c(/C=N/N2CCCCCC2)c(=O)[nH]c1=S. The highest BCUT2D eigenvalue weighted by molar-refractivity contribution is 7.71. The molecule has 1 aromatic heterocycles. The quantitative estimate of drug-likeness (QED) is 0.635. The molecule has 0 saturated carbocycles. The number of nitrogens with one attached hydrogen (secondary N) is 1. The number of aromatic amines is 1. The predicted octanol–water partition coefficient (Wildman–Crippen LogP) is 2.82. The van der Waals surface area contributed by atoms with Crippen molar-refractivity contribution in [1.29, 1.82) is 0 Å². The summed E-state index contributed by atoms with van der Waals surface area (Å²) in [4.78, 5) is 14.9. The average molecular weight is 374 g/mol. The van der Waals surface area contributed by atoms with Crippen LogP contribution in [0.3, 0.4) is 0 Å². The molecule has 0 radical (unpaired) electrons. The van der Waals surface area contributed by atoms with Gasteiger partial charge in [0.15, 0.2) is 4.77 Å². The largest absolute Gasteiger partial charge is 0.495 e. The molecule has 1 fully saturated rings. The van der Waals surface area contributed by atoms with Gasteiger partial charge in [0.05, 0.1) is 19.0 Å². The van der Waals surface area contributed by atoms with E-state index >= 15 is 0 Å². The molecule has 0 unspecified atom stereocenters. The van der Waals surface area contributed by atoms with Crippen LogP contribution in [0.15, 0.2) is 34.2 Å². The second-order valence-corrected chi connectivity index (χ2v) is 6.50. The zero-order valence-corrected chi connectivity index (χ0v) is 15.5. The molecule has 0 amide bonds. The van der Waals surface area contributed by atoms with Crippen LogP contribution in [-0.4, -0.2) is 46.1 Å². The van der Waals surface area contributed by atoms with Gasteiger partial charge in [0.2, 0.25) is 5.88 Å². The van der Waals surface area contributed by atoms with Gasteiger partial charge in [-0.1, -0.05) is 25.0 Å². The van der Waals surface area contributed by atoms with Crippen molar-refractivity contribution in [3.05, 3.63) is 45.0 Å². The van der Waals surface area contributed by atoms with Crippen LogP contribution in [0.5, 0.6) is 11.6 Å². The molecular formula is C18H22N4O3S. The van der Waals surface area contributed by atoms with E-state index in [4.69, 9.17) is 17.0 Å². The van der Waals surface area contributed by atoms with E-state index in [0.29, 0.717) is 11.4 Å². The van der Waals surface area contributed by atoms with Crippen molar-refractivity contribution in [1.82, 2.24) is 14.6 Å². The van der Waals surface area contributed by atoms with Gasteiger partial charge in [-0.25, -0.2) is 0 Å². The number of aromatic nitrogens is 2. The van der Waals surface area contributed by atoms with Crippen LogP contribution in [-0.2, 0) is 0 Å². The molecule has 2 N–H and O–H groups in total. The topological polar surface area (TPSA) is 82.8 Å². The maximum absolute atomic E-state index is 12.3. The van der Waals surface area contributed by atoms with Gasteiger partial charge in [0.25, 0.3) is 5.56 Å². The van der Waals surface area contributed by atoms with Gasteiger partial charge in [-0.05, 0) is 37.2 Å². The van der Waals surface area contributed by atoms with Crippen LogP contribution < -0.4 is 10.3 Å². The molecule has 1 aliphatic heterocycles. The van der Waals surface area contributed by atoms with E-state index in [9.17, 15) is 9.90 Å². The van der Waals surface area contributed by atoms with Crippen LogP contribution in [0.2, 0.25) is 0 Å². The second-order valence-electron chi connectivity index (χ2n) is 6.12. The molecule has 2 heterocycles. The lowest BCUT2D eigenvalue weighted by Crippen LogP contribution is -2.21. The molecule has 138 valence electrons. The summed E-state index contributed by atoms with van der Waals surface area (Å²) >= 11 is 5.24. The fraction of sp³-hybridized carbons (Fsp3) is 0.389. The van der Waals surface area contributed by atoms with Gasteiger partial charge in [-0.2, -0.15) is 5.10 Å². The van der Waals surface area contributed by atoms with E-state index in [1.54, 1.807) is 18.2 Å². The Balaban J connectivity index is 2.04. The van der Waals surface area contributed by atoms with Crippen LogP contribution >= 0.6 is 12.2 Å². The van der Waals surface area contributed by atoms with Crippen molar-refractivity contribution in [2.24, 2.45) is 5.10 Å². The fourth-order valence-electron chi connectivity index (χ4n) is 3.00. The molecule has 8 heteroatoms. The molecule has 0 atom stereocenters. The van der Waals surface area contributed by atoms with Crippen molar-refractivity contribution in [3.63, 3.8) is 0 Å². The Kier molecular flexibility index (Phi) is 5.72. The molecule has 0 spiro atoms. The number of hydrogen-bond donors (Lipinski definition) is 2. The summed E-state index contributed by atoms with van der Waals surface area (Å²) in [6, 6.07) is 7.13. The molecule has 1 saturated heterocycles. The Labute approximate surface area is 156 Å². The number of methoxy groups -OCH3 is 1. The minimum absolute atomic E-state index is 0.0637. The highest BCUT2D eigenvalue weighted by Crippen LogP contribution is 2.26. The van der Waals surface area contributed by atoms with Crippen molar-refractivity contribution < 1.29 is 9.84 Å². The monoisotopic (exact) mass is 374 g/mol. The molecule has 26 heavy (non-hydrogen) atoms. The maximum atomic E-state index is 12.3. The number of nitrogens with zero attached hydrogens (tertiary/aromatic N) is 3. The Hall–Kier alpha value is -2.61. The number of hydrazone groups is 1. The first-order valence-corrected chi connectivity index (χ1v) is 9.03. The summed E-state index contributed by atoms with van der Waals surface area (Å²) in [6.07, 6.45) is 5.94. The third kappa shape index (κ3) is 3.80. The Bertz CT molecular complexity index is 911. The molecule has 1 aromatic carbocycles. The lowest BCUT2D eigenvalue weighted by molar-refractivity contribution is 0.302. The molecule has 7 nitrogen and oxygen atoms in total. The first-order valence-electron chi connectivity index (χ1n) is 8.62. The number of ether oxygens (including phenoxy) is 1. The third-order valence-corrected chi connectivity index (χ3v) is 4.66. The van der Waals surface area contributed by atoms with Gasteiger partial charge in [-0.3, -0.25) is 19.4 Å². The van der Waals surface area contributed by atoms with E-state index in [0.717, 1.165) is 25.9 Å². The van der Waals surface area contributed by atoms with Crippen molar-refractivity contribution in [2.45, 2.75) is 25.7 Å². The van der Waals surface area contributed by atoms with Crippen LogP contribution in [0, 0.1) is 4.77 Å². The molecule has 3 rings (SSSR count). The summed E-state index contributed by atoms with van der Waals surface area (Å²) in [6.45, 7) is 1.70. The van der Waals surface area contributed by atoms with Crippen LogP contribution in [0.1, 0.15) is 31.2 Å². The van der Waals surface area contributed by atoms with E-state index < -0.39 is 5.56 Å². The summed E-state index contributed by atoms with van der Waals surface area (Å²) in [5, 5.41) is 17.0. The van der Waals surface area contributed by atoms with Gasteiger partial charge in [0.1, 0.15) is 11.3 Å². The van der Waals surface area contributed by atoms with Gasteiger partial charge >= 0.3 is 0 Å². The highest BCUT2D eigenvalue weighted by atomic mass is 32.1. The summed E-state index contributed by atoms with van der Waals surface area (Å²) < 4.78 is 6.80. The van der Waals surface area contributed by atoms with E-state index in [1.165, 1.54) is 30.7 Å².